The van der Waals surface area contributed by atoms with Gasteiger partial charge in [-0.25, -0.2) is 0 Å². The SMILES string of the molecule is COc1ccc(Nc2ccc(N)nn2)nn1. The molecular weight excluding hydrogens is 208 g/mol. The smallest absolute Gasteiger partial charge is 0.233 e. The standard InChI is InChI=1S/C9H10N6O/c1-16-9-5-4-8(14-15-9)11-7-3-2-6(10)12-13-7/h2-5H,1H3,(H2,10,12)(H,11,13,14). The van der Waals surface area contributed by atoms with Gasteiger partial charge in [0.1, 0.15) is 5.82 Å². The zero-order valence-electron chi connectivity index (χ0n) is 8.58. The van der Waals surface area contributed by atoms with E-state index in [2.05, 4.69) is 25.7 Å². The topological polar surface area (TPSA) is 98.8 Å². The molecular formula is C9H10N6O. The number of anilines is 3. The highest BCUT2D eigenvalue weighted by molar-refractivity contribution is 5.51. The maximum atomic E-state index is 5.41. The van der Waals surface area contributed by atoms with E-state index in [1.807, 2.05) is 0 Å². The van der Waals surface area contributed by atoms with Gasteiger partial charge >= 0.3 is 0 Å². The van der Waals surface area contributed by atoms with Gasteiger partial charge in [-0.15, -0.1) is 20.4 Å². The third kappa shape index (κ3) is 2.32. The van der Waals surface area contributed by atoms with Gasteiger partial charge < -0.3 is 15.8 Å². The predicted octanol–water partition coefficient (Wildman–Crippen LogP) is 0.601. The number of nitrogens with zero attached hydrogens (tertiary/aromatic N) is 4. The average molecular weight is 218 g/mol. The number of methoxy groups -OCH3 is 1. The summed E-state index contributed by atoms with van der Waals surface area (Å²) >= 11 is 0. The van der Waals surface area contributed by atoms with Gasteiger partial charge in [0.05, 0.1) is 7.11 Å². The number of nitrogens with two attached hydrogens (primary N) is 1. The quantitative estimate of drug-likeness (QED) is 0.778. The lowest BCUT2D eigenvalue weighted by Gasteiger charge is -2.03. The van der Waals surface area contributed by atoms with Crippen molar-refractivity contribution in [3.05, 3.63) is 24.3 Å². The molecule has 0 bridgehead atoms. The molecule has 0 spiro atoms. The number of rotatable bonds is 3. The molecule has 0 amide bonds. The second-order valence-electron chi connectivity index (χ2n) is 2.93. The van der Waals surface area contributed by atoms with Crippen LogP contribution in [0, 0.1) is 0 Å². The summed E-state index contributed by atoms with van der Waals surface area (Å²) in [6.07, 6.45) is 0. The molecule has 3 N–H and O–H groups in total. The van der Waals surface area contributed by atoms with Crippen molar-refractivity contribution in [3.63, 3.8) is 0 Å². The molecule has 2 rings (SSSR count). The van der Waals surface area contributed by atoms with Crippen LogP contribution >= 0.6 is 0 Å². The van der Waals surface area contributed by atoms with Crippen molar-refractivity contribution in [2.45, 2.75) is 0 Å². The minimum atomic E-state index is 0.367. The second-order valence-corrected chi connectivity index (χ2v) is 2.93. The summed E-state index contributed by atoms with van der Waals surface area (Å²) in [6.45, 7) is 0. The molecule has 2 aromatic rings. The number of ether oxygens (including phenoxy) is 1. The lowest BCUT2D eigenvalue weighted by atomic mass is 10.4. The van der Waals surface area contributed by atoms with Gasteiger partial charge in [0.25, 0.3) is 0 Å². The molecule has 16 heavy (non-hydrogen) atoms. The van der Waals surface area contributed by atoms with Crippen LogP contribution in [0.3, 0.4) is 0 Å². The fraction of sp³-hybridized carbons (Fsp3) is 0.111. The number of nitrogen functional groups attached to an aromatic ring is 1. The summed E-state index contributed by atoms with van der Waals surface area (Å²) in [5.74, 6) is 1.92. The van der Waals surface area contributed by atoms with E-state index in [4.69, 9.17) is 10.5 Å². The Morgan fingerprint density at radius 2 is 1.69 bits per heavy atom. The third-order valence-electron chi connectivity index (χ3n) is 1.79. The number of nitrogens with one attached hydrogen (secondary N) is 1. The predicted molar refractivity (Wildman–Crippen MR) is 58.3 cm³/mol. The third-order valence-corrected chi connectivity index (χ3v) is 1.79. The Labute approximate surface area is 91.7 Å². The second kappa shape index (κ2) is 4.39. The molecule has 2 aromatic heterocycles. The minimum absolute atomic E-state index is 0.367. The average Bonchev–Trinajstić information content (AvgIpc) is 2.33. The maximum absolute atomic E-state index is 5.41. The molecule has 7 nitrogen and oxygen atoms in total. The summed E-state index contributed by atoms with van der Waals surface area (Å²) in [5.41, 5.74) is 5.41. The summed E-state index contributed by atoms with van der Waals surface area (Å²) in [5, 5.41) is 18.1. The fourth-order valence-corrected chi connectivity index (χ4v) is 1.04. The van der Waals surface area contributed by atoms with E-state index in [0.717, 1.165) is 0 Å². The van der Waals surface area contributed by atoms with E-state index in [1.165, 1.54) is 7.11 Å². The van der Waals surface area contributed by atoms with Gasteiger partial charge in [-0.05, 0) is 18.2 Å². The zero-order chi connectivity index (χ0) is 11.4. The van der Waals surface area contributed by atoms with Gasteiger partial charge in [-0.2, -0.15) is 0 Å². The fourth-order valence-electron chi connectivity index (χ4n) is 1.04. The summed E-state index contributed by atoms with van der Waals surface area (Å²) in [6, 6.07) is 6.77. The van der Waals surface area contributed by atoms with Crippen molar-refractivity contribution in [2.75, 3.05) is 18.2 Å². The van der Waals surface area contributed by atoms with Crippen molar-refractivity contribution in [1.82, 2.24) is 20.4 Å². The molecule has 0 aliphatic rings. The molecule has 0 fully saturated rings. The van der Waals surface area contributed by atoms with Crippen molar-refractivity contribution in [1.29, 1.82) is 0 Å². The molecule has 0 aliphatic carbocycles. The Morgan fingerprint density at radius 1 is 1.00 bits per heavy atom. The first kappa shape index (κ1) is 10.1. The van der Waals surface area contributed by atoms with Crippen LogP contribution in [-0.2, 0) is 0 Å². The Bertz CT molecular complexity index is 454. The largest absolute Gasteiger partial charge is 0.480 e. The first-order chi connectivity index (χ1) is 7.78. The summed E-state index contributed by atoms with van der Waals surface area (Å²) in [7, 11) is 1.53. The molecule has 7 heteroatoms. The molecule has 0 atom stereocenters. The molecule has 2 heterocycles. The highest BCUT2D eigenvalue weighted by Crippen LogP contribution is 2.12. The van der Waals surface area contributed by atoms with Crippen LogP contribution in [-0.4, -0.2) is 27.5 Å². The van der Waals surface area contributed by atoms with E-state index in [0.29, 0.717) is 23.3 Å². The normalized spacial score (nSPS) is 9.81. The number of hydrogen-bond donors (Lipinski definition) is 2. The van der Waals surface area contributed by atoms with Gasteiger partial charge in [-0.3, -0.25) is 0 Å². The molecule has 0 saturated carbocycles. The Hall–Kier alpha value is -2.44. The van der Waals surface area contributed by atoms with Crippen LogP contribution in [0.2, 0.25) is 0 Å². The van der Waals surface area contributed by atoms with E-state index < -0.39 is 0 Å². The molecule has 0 unspecified atom stereocenters. The summed E-state index contributed by atoms with van der Waals surface area (Å²) in [4.78, 5) is 0. The molecule has 82 valence electrons. The van der Waals surface area contributed by atoms with Gasteiger partial charge in [0, 0.05) is 6.07 Å². The van der Waals surface area contributed by atoms with E-state index in [1.54, 1.807) is 24.3 Å². The van der Waals surface area contributed by atoms with Gasteiger partial charge in [-0.1, -0.05) is 0 Å². The van der Waals surface area contributed by atoms with Crippen LogP contribution in [0.4, 0.5) is 17.5 Å². The van der Waals surface area contributed by atoms with Crippen LogP contribution in [0.25, 0.3) is 0 Å². The zero-order valence-corrected chi connectivity index (χ0v) is 8.58. The number of aromatic nitrogens is 4. The maximum Gasteiger partial charge on any atom is 0.233 e. The molecule has 0 saturated heterocycles. The lowest BCUT2D eigenvalue weighted by molar-refractivity contribution is 0.392. The van der Waals surface area contributed by atoms with Crippen LogP contribution in [0.5, 0.6) is 5.88 Å². The Morgan fingerprint density at radius 3 is 2.19 bits per heavy atom. The van der Waals surface area contributed by atoms with Gasteiger partial charge in [0.15, 0.2) is 11.6 Å². The Kier molecular flexibility index (Phi) is 2.77. The molecule has 0 radical (unpaired) electrons. The monoisotopic (exact) mass is 218 g/mol. The van der Waals surface area contributed by atoms with Crippen LogP contribution < -0.4 is 15.8 Å². The van der Waals surface area contributed by atoms with Crippen molar-refractivity contribution in [2.24, 2.45) is 0 Å². The van der Waals surface area contributed by atoms with Gasteiger partial charge in [0.2, 0.25) is 5.88 Å². The van der Waals surface area contributed by atoms with E-state index in [-0.39, 0.29) is 0 Å². The molecule has 0 aliphatic heterocycles. The highest BCUT2D eigenvalue weighted by atomic mass is 16.5. The first-order valence-electron chi connectivity index (χ1n) is 4.52. The van der Waals surface area contributed by atoms with E-state index >= 15 is 0 Å². The molecule has 0 aromatic carbocycles. The minimum Gasteiger partial charge on any atom is -0.480 e. The number of hydrogen-bond acceptors (Lipinski definition) is 7. The van der Waals surface area contributed by atoms with Crippen molar-refractivity contribution in [3.8, 4) is 5.88 Å². The Balaban J connectivity index is 2.11. The summed E-state index contributed by atoms with van der Waals surface area (Å²) < 4.78 is 4.89. The van der Waals surface area contributed by atoms with Crippen LogP contribution in [0.1, 0.15) is 0 Å². The van der Waals surface area contributed by atoms with Crippen LogP contribution in [0.15, 0.2) is 24.3 Å². The van der Waals surface area contributed by atoms with Crippen molar-refractivity contribution < 1.29 is 4.74 Å². The lowest BCUT2D eigenvalue weighted by Crippen LogP contribution is -2.00. The first-order valence-corrected chi connectivity index (χ1v) is 4.52. The van der Waals surface area contributed by atoms with E-state index in [9.17, 15) is 0 Å². The van der Waals surface area contributed by atoms with Crippen molar-refractivity contribution >= 4 is 17.5 Å². The highest BCUT2D eigenvalue weighted by Gasteiger charge is 1.99.